The number of hydrogen-bond donors (Lipinski definition) is 1. The summed E-state index contributed by atoms with van der Waals surface area (Å²) < 4.78 is 0. The van der Waals surface area contributed by atoms with Crippen molar-refractivity contribution < 1.29 is 9.59 Å². The Morgan fingerprint density at radius 1 is 1.20 bits per heavy atom. The number of nitrogens with zero attached hydrogens (tertiary/aromatic N) is 2. The third-order valence-corrected chi connectivity index (χ3v) is 5.49. The van der Waals surface area contributed by atoms with E-state index in [0.29, 0.717) is 13.0 Å². The van der Waals surface area contributed by atoms with Crippen LogP contribution in [0.15, 0.2) is 30.3 Å². The molecule has 2 saturated heterocycles. The molecular formula is C19H28ClN3O2. The fourth-order valence-corrected chi connectivity index (χ4v) is 3.95. The van der Waals surface area contributed by atoms with Gasteiger partial charge in [0.25, 0.3) is 0 Å². The number of halogens is 1. The first-order chi connectivity index (χ1) is 11.5. The molecule has 2 heterocycles. The molecule has 2 N–H and O–H groups in total. The number of rotatable bonds is 3. The van der Waals surface area contributed by atoms with E-state index in [4.69, 9.17) is 5.73 Å². The van der Waals surface area contributed by atoms with Gasteiger partial charge >= 0.3 is 0 Å². The van der Waals surface area contributed by atoms with Gasteiger partial charge in [-0.25, -0.2) is 0 Å². The molecule has 138 valence electrons. The van der Waals surface area contributed by atoms with Crippen molar-refractivity contribution in [3.8, 4) is 0 Å². The van der Waals surface area contributed by atoms with Gasteiger partial charge in [-0.15, -0.1) is 12.4 Å². The number of amides is 2. The van der Waals surface area contributed by atoms with E-state index in [-0.39, 0.29) is 29.6 Å². The van der Waals surface area contributed by atoms with Crippen LogP contribution in [0.4, 0.5) is 0 Å². The molecule has 5 nitrogen and oxygen atoms in total. The summed E-state index contributed by atoms with van der Waals surface area (Å²) in [6.07, 6.45) is 3.49. The van der Waals surface area contributed by atoms with Crippen molar-refractivity contribution in [3.63, 3.8) is 0 Å². The van der Waals surface area contributed by atoms with Crippen LogP contribution in [0, 0.1) is 5.41 Å². The zero-order valence-electron chi connectivity index (χ0n) is 14.8. The maximum Gasteiger partial charge on any atom is 0.239 e. The largest absolute Gasteiger partial charge is 0.341 e. The van der Waals surface area contributed by atoms with E-state index in [9.17, 15) is 9.59 Å². The summed E-state index contributed by atoms with van der Waals surface area (Å²) in [7, 11) is 0. The van der Waals surface area contributed by atoms with E-state index in [1.807, 2.05) is 28.0 Å². The van der Waals surface area contributed by atoms with Crippen molar-refractivity contribution in [3.05, 3.63) is 35.9 Å². The lowest BCUT2D eigenvalue weighted by Gasteiger charge is -2.47. The summed E-state index contributed by atoms with van der Waals surface area (Å²) in [4.78, 5) is 28.3. The van der Waals surface area contributed by atoms with Gasteiger partial charge in [0.05, 0.1) is 6.04 Å². The first-order valence-electron chi connectivity index (χ1n) is 8.85. The van der Waals surface area contributed by atoms with E-state index in [1.54, 1.807) is 6.92 Å². The van der Waals surface area contributed by atoms with Gasteiger partial charge in [-0.1, -0.05) is 30.3 Å². The highest BCUT2D eigenvalue weighted by Gasteiger charge is 2.41. The Morgan fingerprint density at radius 2 is 1.84 bits per heavy atom. The minimum Gasteiger partial charge on any atom is -0.341 e. The molecule has 2 fully saturated rings. The van der Waals surface area contributed by atoms with Gasteiger partial charge in [-0.05, 0) is 37.2 Å². The van der Waals surface area contributed by atoms with Crippen molar-refractivity contribution >= 4 is 24.2 Å². The molecule has 1 spiro atoms. The Balaban J connectivity index is 0.00000225. The van der Waals surface area contributed by atoms with Gasteiger partial charge in [0.1, 0.15) is 0 Å². The van der Waals surface area contributed by atoms with E-state index < -0.39 is 6.04 Å². The van der Waals surface area contributed by atoms with E-state index in [1.165, 1.54) is 5.56 Å². The van der Waals surface area contributed by atoms with Crippen molar-refractivity contribution in [1.82, 2.24) is 9.80 Å². The van der Waals surface area contributed by atoms with Crippen LogP contribution in [0.5, 0.6) is 0 Å². The Hall–Kier alpha value is -1.59. The van der Waals surface area contributed by atoms with Crippen LogP contribution < -0.4 is 5.73 Å². The van der Waals surface area contributed by atoms with Gasteiger partial charge in [-0.3, -0.25) is 9.59 Å². The molecule has 2 aliphatic heterocycles. The average molecular weight is 366 g/mol. The lowest BCUT2D eigenvalue weighted by Crippen LogP contribution is -2.53. The predicted molar refractivity (Wildman–Crippen MR) is 100 cm³/mol. The Labute approximate surface area is 155 Å². The monoisotopic (exact) mass is 365 g/mol. The maximum atomic E-state index is 12.3. The number of hydrogen-bond acceptors (Lipinski definition) is 3. The van der Waals surface area contributed by atoms with Crippen LogP contribution in [-0.4, -0.2) is 47.3 Å². The molecule has 0 aromatic heterocycles. The number of piperidine rings is 2. The summed E-state index contributed by atoms with van der Waals surface area (Å²) in [6, 6.07) is 9.72. The van der Waals surface area contributed by atoms with E-state index in [2.05, 4.69) is 12.1 Å². The minimum absolute atomic E-state index is 0. The Kier molecular flexibility index (Phi) is 6.47. The highest BCUT2D eigenvalue weighted by Crippen LogP contribution is 2.40. The van der Waals surface area contributed by atoms with Crippen molar-refractivity contribution in [2.45, 2.75) is 45.2 Å². The van der Waals surface area contributed by atoms with Crippen LogP contribution in [0.2, 0.25) is 0 Å². The number of nitrogens with two attached hydrogens (primary N) is 1. The first-order valence-corrected chi connectivity index (χ1v) is 8.85. The summed E-state index contributed by atoms with van der Waals surface area (Å²) >= 11 is 0. The number of carbonyl (C=O) groups excluding carboxylic acids is 2. The lowest BCUT2D eigenvalue weighted by molar-refractivity contribution is -0.143. The minimum atomic E-state index is -0.429. The molecule has 0 saturated carbocycles. The Morgan fingerprint density at radius 3 is 2.44 bits per heavy atom. The van der Waals surface area contributed by atoms with Gasteiger partial charge in [-0.2, -0.15) is 0 Å². The lowest BCUT2D eigenvalue weighted by atomic mass is 9.72. The first kappa shape index (κ1) is 19.7. The zero-order valence-corrected chi connectivity index (χ0v) is 15.6. The van der Waals surface area contributed by atoms with Crippen molar-refractivity contribution in [2.24, 2.45) is 11.1 Å². The molecule has 25 heavy (non-hydrogen) atoms. The summed E-state index contributed by atoms with van der Waals surface area (Å²) in [5, 5.41) is 0. The summed E-state index contributed by atoms with van der Waals surface area (Å²) in [5.74, 6) is 0.288. The van der Waals surface area contributed by atoms with Crippen LogP contribution in [0.3, 0.4) is 0 Å². The van der Waals surface area contributed by atoms with Gasteiger partial charge in [0.15, 0.2) is 0 Å². The fraction of sp³-hybridized carbons (Fsp3) is 0.579. The molecule has 0 bridgehead atoms. The highest BCUT2D eigenvalue weighted by atomic mass is 35.5. The van der Waals surface area contributed by atoms with Gasteiger partial charge < -0.3 is 15.5 Å². The average Bonchev–Trinajstić information content (AvgIpc) is 2.59. The van der Waals surface area contributed by atoms with Crippen molar-refractivity contribution in [2.75, 3.05) is 19.6 Å². The third kappa shape index (κ3) is 4.53. The van der Waals surface area contributed by atoms with Crippen LogP contribution in [-0.2, 0) is 16.1 Å². The Bertz CT molecular complexity index is 598. The number of carbonyl (C=O) groups is 2. The summed E-state index contributed by atoms with van der Waals surface area (Å²) in [6.45, 7) is 4.75. The molecule has 0 unspecified atom stereocenters. The van der Waals surface area contributed by atoms with Crippen LogP contribution in [0.1, 0.15) is 38.2 Å². The molecular weight excluding hydrogens is 338 g/mol. The molecule has 0 aliphatic carbocycles. The molecule has 6 heteroatoms. The summed E-state index contributed by atoms with van der Waals surface area (Å²) in [5.41, 5.74) is 7.06. The molecule has 1 aromatic rings. The fourth-order valence-electron chi connectivity index (χ4n) is 3.95. The van der Waals surface area contributed by atoms with E-state index >= 15 is 0 Å². The normalized spacial score (nSPS) is 21.0. The second kappa shape index (κ2) is 8.19. The molecule has 3 rings (SSSR count). The topological polar surface area (TPSA) is 66.6 Å². The maximum absolute atomic E-state index is 12.3. The second-order valence-electron chi connectivity index (χ2n) is 7.35. The van der Waals surface area contributed by atoms with E-state index in [0.717, 1.165) is 38.9 Å². The second-order valence-corrected chi connectivity index (χ2v) is 7.35. The van der Waals surface area contributed by atoms with Gasteiger partial charge in [0.2, 0.25) is 11.8 Å². The SMILES string of the molecule is C[C@@H](N)C(=O)N1CCC2(CCC(=O)N(Cc3ccccc3)C2)CC1.Cl. The quantitative estimate of drug-likeness (QED) is 0.892. The van der Waals surface area contributed by atoms with Crippen molar-refractivity contribution in [1.29, 1.82) is 0 Å². The smallest absolute Gasteiger partial charge is 0.239 e. The van der Waals surface area contributed by atoms with Crippen LogP contribution >= 0.6 is 12.4 Å². The molecule has 1 atom stereocenters. The molecule has 2 amide bonds. The highest BCUT2D eigenvalue weighted by molar-refractivity contribution is 5.85. The predicted octanol–water partition coefficient (Wildman–Crippen LogP) is 2.19. The number of benzene rings is 1. The number of likely N-dealkylation sites (tertiary alicyclic amines) is 2. The molecule has 1 aromatic carbocycles. The zero-order chi connectivity index (χ0) is 17.2. The van der Waals surface area contributed by atoms with Crippen LogP contribution in [0.25, 0.3) is 0 Å². The molecule has 0 radical (unpaired) electrons. The third-order valence-electron chi connectivity index (χ3n) is 5.49. The molecule has 2 aliphatic rings. The standard InChI is InChI=1S/C19H27N3O2.ClH/c1-15(20)18(24)21-11-9-19(10-12-21)8-7-17(23)22(14-19)13-16-5-3-2-4-6-16;/h2-6,15H,7-14,20H2,1H3;1H/t15-;/m1./s1. The van der Waals surface area contributed by atoms with Gasteiger partial charge in [0, 0.05) is 32.6 Å².